The molecule has 0 heterocycles. The smallest absolute Gasteiger partial charge is 0.489 e. The lowest BCUT2D eigenvalue weighted by Gasteiger charge is -2.44. The molecule has 1 aromatic rings. The van der Waals surface area contributed by atoms with E-state index in [1.54, 1.807) is 0 Å². The van der Waals surface area contributed by atoms with E-state index in [0.29, 0.717) is 18.6 Å². The van der Waals surface area contributed by atoms with Crippen molar-refractivity contribution in [2.24, 2.45) is 5.41 Å². The third kappa shape index (κ3) is 3.33. The molecule has 1 aliphatic carbocycles. The summed E-state index contributed by atoms with van der Waals surface area (Å²) in [6, 6.07) is 3.97. The summed E-state index contributed by atoms with van der Waals surface area (Å²) in [4.78, 5) is 11.6. The first kappa shape index (κ1) is 16.1. The number of hydrogen-bond donors (Lipinski definition) is 0. The van der Waals surface area contributed by atoms with Crippen molar-refractivity contribution in [2.45, 2.75) is 39.2 Å². The summed E-state index contributed by atoms with van der Waals surface area (Å²) in [7, 11) is 0. The minimum Gasteiger partial charge on any atom is -0.489 e. The van der Waals surface area contributed by atoms with Crippen molar-refractivity contribution in [1.82, 2.24) is 0 Å². The topological polar surface area (TPSA) is 35.5 Å². The summed E-state index contributed by atoms with van der Waals surface area (Å²) >= 11 is 3.02. The lowest BCUT2D eigenvalue weighted by Crippen LogP contribution is -2.54. The standard InChI is InChI=1S/C14H14BrF3O3/c1-3-13(2)11(19)7-12(13)20-8-4-5-10(9(15)6-8)21-14(16,17)18/h4-6,12H,3,7H2,1-2H3. The SMILES string of the molecule is CCC1(C)C(=O)CC1Oc1ccc(OC(F)(F)F)c(Br)c1. The number of halogens is 4. The number of hydrogen-bond acceptors (Lipinski definition) is 3. The number of Topliss-reactive ketones (excluding diaryl/α,β-unsaturated/α-hetero) is 1. The molecule has 1 saturated carbocycles. The molecule has 0 spiro atoms. The Morgan fingerprint density at radius 2 is 2.10 bits per heavy atom. The maximum absolute atomic E-state index is 12.2. The zero-order valence-corrected chi connectivity index (χ0v) is 13.0. The molecule has 2 unspecified atom stereocenters. The molecule has 0 amide bonds. The Kier molecular flexibility index (Phi) is 4.24. The van der Waals surface area contributed by atoms with E-state index in [0.717, 1.165) is 0 Å². The number of carbonyl (C=O) groups excluding carboxylic acids is 1. The first-order valence-corrected chi connectivity index (χ1v) is 7.20. The number of carbonyl (C=O) groups is 1. The molecule has 116 valence electrons. The molecule has 0 aromatic heterocycles. The van der Waals surface area contributed by atoms with Crippen LogP contribution in [0.5, 0.6) is 11.5 Å². The molecule has 2 rings (SSSR count). The summed E-state index contributed by atoms with van der Waals surface area (Å²) in [5, 5.41) is 0. The second-order valence-corrected chi connectivity index (χ2v) is 6.00. The van der Waals surface area contributed by atoms with E-state index in [-0.39, 0.29) is 22.1 Å². The number of ketones is 1. The maximum atomic E-state index is 12.2. The van der Waals surface area contributed by atoms with Gasteiger partial charge in [0.2, 0.25) is 0 Å². The second-order valence-electron chi connectivity index (χ2n) is 5.14. The minimum atomic E-state index is -4.74. The summed E-state index contributed by atoms with van der Waals surface area (Å²) in [5.74, 6) is 0.206. The molecule has 21 heavy (non-hydrogen) atoms. The highest BCUT2D eigenvalue weighted by Gasteiger charge is 2.51. The molecular weight excluding hydrogens is 353 g/mol. The van der Waals surface area contributed by atoms with Gasteiger partial charge in [0.1, 0.15) is 23.4 Å². The van der Waals surface area contributed by atoms with Crippen LogP contribution in [0.15, 0.2) is 22.7 Å². The van der Waals surface area contributed by atoms with E-state index >= 15 is 0 Å². The van der Waals surface area contributed by atoms with Crippen LogP contribution in [0, 0.1) is 5.41 Å². The average Bonchev–Trinajstić information content (AvgIpc) is 2.39. The van der Waals surface area contributed by atoms with Crippen LogP contribution in [-0.2, 0) is 4.79 Å². The first-order chi connectivity index (χ1) is 9.65. The van der Waals surface area contributed by atoms with Crippen LogP contribution in [0.25, 0.3) is 0 Å². The molecule has 7 heteroatoms. The van der Waals surface area contributed by atoms with E-state index in [9.17, 15) is 18.0 Å². The van der Waals surface area contributed by atoms with Crippen LogP contribution < -0.4 is 9.47 Å². The quantitative estimate of drug-likeness (QED) is 0.787. The van der Waals surface area contributed by atoms with Gasteiger partial charge in [0.25, 0.3) is 0 Å². The van der Waals surface area contributed by atoms with E-state index in [4.69, 9.17) is 4.74 Å². The number of benzene rings is 1. The molecule has 0 radical (unpaired) electrons. The average molecular weight is 367 g/mol. The Labute approximate surface area is 128 Å². The van der Waals surface area contributed by atoms with Crippen molar-refractivity contribution in [3.05, 3.63) is 22.7 Å². The Bertz CT molecular complexity index is 559. The van der Waals surface area contributed by atoms with Gasteiger partial charge in [0.05, 0.1) is 9.89 Å². The van der Waals surface area contributed by atoms with Gasteiger partial charge in [0.15, 0.2) is 0 Å². The van der Waals surface area contributed by atoms with Crippen LogP contribution in [0.4, 0.5) is 13.2 Å². The predicted molar refractivity (Wildman–Crippen MR) is 73.3 cm³/mol. The number of alkyl halides is 3. The summed E-state index contributed by atoms with van der Waals surface area (Å²) in [6.45, 7) is 3.74. The summed E-state index contributed by atoms with van der Waals surface area (Å²) in [6.07, 6.45) is -4.02. The Morgan fingerprint density at radius 1 is 1.43 bits per heavy atom. The van der Waals surface area contributed by atoms with Gasteiger partial charge < -0.3 is 9.47 Å². The van der Waals surface area contributed by atoms with Gasteiger partial charge in [-0.15, -0.1) is 13.2 Å². The Hall–Kier alpha value is -1.24. The molecule has 2 atom stereocenters. The highest BCUT2D eigenvalue weighted by molar-refractivity contribution is 9.10. The fourth-order valence-electron chi connectivity index (χ4n) is 2.20. The molecule has 0 aliphatic heterocycles. The molecule has 1 aromatic carbocycles. The predicted octanol–water partition coefficient (Wildman–Crippen LogP) is 4.48. The van der Waals surface area contributed by atoms with E-state index < -0.39 is 11.8 Å². The van der Waals surface area contributed by atoms with Crippen LogP contribution in [0.1, 0.15) is 26.7 Å². The first-order valence-electron chi connectivity index (χ1n) is 6.41. The van der Waals surface area contributed by atoms with Gasteiger partial charge >= 0.3 is 6.36 Å². The summed E-state index contributed by atoms with van der Waals surface area (Å²) < 4.78 is 46.2. The normalized spacial score (nSPS) is 25.4. The van der Waals surface area contributed by atoms with E-state index in [1.165, 1.54) is 18.2 Å². The Balaban J connectivity index is 2.10. The zero-order valence-electron chi connectivity index (χ0n) is 11.5. The molecule has 1 aliphatic rings. The fraction of sp³-hybridized carbons (Fsp3) is 0.500. The molecular formula is C14H14BrF3O3. The fourth-order valence-corrected chi connectivity index (χ4v) is 2.64. The van der Waals surface area contributed by atoms with Crippen molar-refractivity contribution >= 4 is 21.7 Å². The Morgan fingerprint density at radius 3 is 2.57 bits per heavy atom. The largest absolute Gasteiger partial charge is 0.573 e. The highest BCUT2D eigenvalue weighted by Crippen LogP contribution is 2.43. The molecule has 0 N–H and O–H groups in total. The lowest BCUT2D eigenvalue weighted by molar-refractivity contribution is -0.274. The molecule has 0 saturated heterocycles. The van der Waals surface area contributed by atoms with E-state index in [1.807, 2.05) is 13.8 Å². The highest BCUT2D eigenvalue weighted by atomic mass is 79.9. The van der Waals surface area contributed by atoms with Gasteiger partial charge in [-0.1, -0.05) is 6.92 Å². The van der Waals surface area contributed by atoms with Crippen molar-refractivity contribution in [3.63, 3.8) is 0 Å². The van der Waals surface area contributed by atoms with Crippen LogP contribution in [-0.4, -0.2) is 18.2 Å². The number of ether oxygens (including phenoxy) is 2. The lowest BCUT2D eigenvalue weighted by atomic mass is 9.64. The van der Waals surface area contributed by atoms with Gasteiger partial charge in [-0.3, -0.25) is 4.79 Å². The van der Waals surface area contributed by atoms with Gasteiger partial charge in [-0.05, 0) is 47.5 Å². The molecule has 0 bridgehead atoms. The summed E-state index contributed by atoms with van der Waals surface area (Å²) in [5.41, 5.74) is -0.520. The maximum Gasteiger partial charge on any atom is 0.573 e. The van der Waals surface area contributed by atoms with Crippen LogP contribution >= 0.6 is 15.9 Å². The number of rotatable bonds is 4. The van der Waals surface area contributed by atoms with Gasteiger partial charge in [-0.2, -0.15) is 0 Å². The third-order valence-corrected chi connectivity index (χ3v) is 4.48. The van der Waals surface area contributed by atoms with Crippen LogP contribution in [0.3, 0.4) is 0 Å². The zero-order chi connectivity index (χ0) is 15.8. The van der Waals surface area contributed by atoms with Crippen LogP contribution in [0.2, 0.25) is 0 Å². The van der Waals surface area contributed by atoms with Crippen molar-refractivity contribution < 1.29 is 27.4 Å². The third-order valence-electron chi connectivity index (χ3n) is 3.86. The second kappa shape index (κ2) is 5.51. The monoisotopic (exact) mass is 366 g/mol. The van der Waals surface area contributed by atoms with Crippen molar-refractivity contribution in [1.29, 1.82) is 0 Å². The molecule has 3 nitrogen and oxygen atoms in total. The van der Waals surface area contributed by atoms with E-state index in [2.05, 4.69) is 20.7 Å². The van der Waals surface area contributed by atoms with Gasteiger partial charge in [-0.25, -0.2) is 0 Å². The van der Waals surface area contributed by atoms with Crippen molar-refractivity contribution in [2.75, 3.05) is 0 Å². The minimum absolute atomic E-state index is 0.140. The van der Waals surface area contributed by atoms with Crippen molar-refractivity contribution in [3.8, 4) is 11.5 Å². The van der Waals surface area contributed by atoms with Gasteiger partial charge in [0, 0.05) is 6.42 Å². The molecule has 1 fully saturated rings.